The molecule has 2 atom stereocenters. The Hall–Kier alpha value is -0.850. The van der Waals surface area contributed by atoms with Gasteiger partial charge in [-0.1, -0.05) is 31.9 Å². The van der Waals surface area contributed by atoms with Crippen LogP contribution in [0.15, 0.2) is 17.2 Å². The molecule has 1 saturated carbocycles. The maximum absolute atomic E-state index is 12.3. The lowest BCUT2D eigenvalue weighted by Gasteiger charge is -2.09. The molecule has 2 N–H and O–H groups in total. The number of halogens is 1. The van der Waals surface area contributed by atoms with Crippen molar-refractivity contribution in [3.63, 3.8) is 0 Å². The molecule has 0 radical (unpaired) electrons. The molecule has 0 aliphatic heterocycles. The first-order valence-electron chi connectivity index (χ1n) is 7.39. The van der Waals surface area contributed by atoms with Gasteiger partial charge in [-0.15, -0.1) is 0 Å². The van der Waals surface area contributed by atoms with Gasteiger partial charge in [0.05, 0.1) is 5.02 Å². The Morgan fingerprint density at radius 2 is 2.14 bits per heavy atom. The molecule has 1 aromatic rings. The maximum atomic E-state index is 12.3. The fourth-order valence-electron chi connectivity index (χ4n) is 2.29. The SMILES string of the molecule is CCCNc1ncc(S(=O)(=O)NC2CC2CCC)cc1Cl. The van der Waals surface area contributed by atoms with Gasteiger partial charge in [0, 0.05) is 18.8 Å². The van der Waals surface area contributed by atoms with Gasteiger partial charge in [0.1, 0.15) is 10.7 Å². The minimum absolute atomic E-state index is 0.0617. The molecular formula is C14H22ClN3O2S. The molecule has 0 spiro atoms. The van der Waals surface area contributed by atoms with Gasteiger partial charge in [0.15, 0.2) is 0 Å². The molecule has 0 bridgehead atoms. The van der Waals surface area contributed by atoms with E-state index in [1.54, 1.807) is 0 Å². The molecule has 118 valence electrons. The highest BCUT2D eigenvalue weighted by Gasteiger charge is 2.39. The van der Waals surface area contributed by atoms with Gasteiger partial charge in [-0.2, -0.15) is 0 Å². The molecule has 7 heteroatoms. The molecular weight excluding hydrogens is 310 g/mol. The van der Waals surface area contributed by atoms with Gasteiger partial charge in [0.2, 0.25) is 10.0 Å². The van der Waals surface area contributed by atoms with Crippen molar-refractivity contribution < 1.29 is 8.42 Å². The number of nitrogens with one attached hydrogen (secondary N) is 2. The van der Waals surface area contributed by atoms with Crippen LogP contribution in [-0.2, 0) is 10.0 Å². The summed E-state index contributed by atoms with van der Waals surface area (Å²) in [5.74, 6) is 0.992. The first-order valence-corrected chi connectivity index (χ1v) is 9.25. The summed E-state index contributed by atoms with van der Waals surface area (Å²) in [6.07, 6.45) is 5.36. The summed E-state index contributed by atoms with van der Waals surface area (Å²) >= 11 is 6.08. The lowest BCUT2D eigenvalue weighted by molar-refractivity contribution is 0.572. The maximum Gasteiger partial charge on any atom is 0.242 e. The second-order valence-electron chi connectivity index (χ2n) is 5.44. The zero-order valence-electron chi connectivity index (χ0n) is 12.4. The quantitative estimate of drug-likeness (QED) is 0.768. The average Bonchev–Trinajstić information content (AvgIpc) is 3.14. The summed E-state index contributed by atoms with van der Waals surface area (Å²) in [4.78, 5) is 4.22. The molecule has 2 rings (SSSR count). The molecule has 21 heavy (non-hydrogen) atoms. The Kier molecular flexibility index (Phi) is 5.46. The number of pyridine rings is 1. The van der Waals surface area contributed by atoms with E-state index in [1.165, 1.54) is 12.3 Å². The number of anilines is 1. The Labute approximate surface area is 131 Å². The molecule has 1 fully saturated rings. The predicted molar refractivity (Wildman–Crippen MR) is 85.2 cm³/mol. The number of rotatable bonds is 8. The first-order chi connectivity index (χ1) is 9.97. The standard InChI is InChI=1S/C14H22ClN3O2S/c1-3-5-10-7-13(10)18-21(19,20)11-8-12(15)14(17-9-11)16-6-4-2/h8-10,13,18H,3-7H2,1-2H3,(H,16,17). The second-order valence-corrected chi connectivity index (χ2v) is 7.56. The van der Waals surface area contributed by atoms with Crippen LogP contribution in [0.25, 0.3) is 0 Å². The van der Waals surface area contributed by atoms with E-state index in [0.29, 0.717) is 16.8 Å². The van der Waals surface area contributed by atoms with Gasteiger partial charge < -0.3 is 5.32 Å². The second kappa shape index (κ2) is 6.94. The summed E-state index contributed by atoms with van der Waals surface area (Å²) in [6, 6.07) is 1.51. The highest BCUT2D eigenvalue weighted by atomic mass is 35.5. The van der Waals surface area contributed by atoms with Crippen LogP contribution in [0.3, 0.4) is 0 Å². The Balaban J connectivity index is 2.05. The Morgan fingerprint density at radius 1 is 1.38 bits per heavy atom. The van der Waals surface area contributed by atoms with Gasteiger partial charge in [-0.05, 0) is 31.2 Å². The molecule has 1 aromatic heterocycles. The van der Waals surface area contributed by atoms with Crippen molar-refractivity contribution in [1.82, 2.24) is 9.71 Å². The van der Waals surface area contributed by atoms with E-state index < -0.39 is 10.0 Å². The van der Waals surface area contributed by atoms with Crippen LogP contribution < -0.4 is 10.0 Å². The molecule has 0 aromatic carbocycles. The molecule has 0 saturated heterocycles. The van der Waals surface area contributed by atoms with Crippen molar-refractivity contribution in [2.45, 2.75) is 50.5 Å². The largest absolute Gasteiger partial charge is 0.369 e. The summed E-state index contributed by atoms with van der Waals surface area (Å²) in [6.45, 7) is 4.89. The van der Waals surface area contributed by atoms with Gasteiger partial charge in [0.25, 0.3) is 0 Å². The third kappa shape index (κ3) is 4.31. The number of hydrogen-bond donors (Lipinski definition) is 2. The topological polar surface area (TPSA) is 71.1 Å². The third-order valence-corrected chi connectivity index (χ3v) is 5.30. The van der Waals surface area contributed by atoms with E-state index in [2.05, 4.69) is 21.9 Å². The van der Waals surface area contributed by atoms with E-state index in [1.807, 2.05) is 6.92 Å². The van der Waals surface area contributed by atoms with E-state index in [0.717, 1.165) is 32.2 Å². The highest BCUT2D eigenvalue weighted by molar-refractivity contribution is 7.89. The fraction of sp³-hybridized carbons (Fsp3) is 0.643. The Bertz CT molecular complexity index is 592. The van der Waals surface area contributed by atoms with E-state index >= 15 is 0 Å². The van der Waals surface area contributed by atoms with Crippen molar-refractivity contribution in [1.29, 1.82) is 0 Å². The van der Waals surface area contributed by atoms with Crippen molar-refractivity contribution in [2.24, 2.45) is 5.92 Å². The van der Waals surface area contributed by atoms with Crippen LogP contribution in [0, 0.1) is 5.92 Å². The van der Waals surface area contributed by atoms with Crippen LogP contribution in [0.5, 0.6) is 0 Å². The van der Waals surface area contributed by atoms with Crippen LogP contribution >= 0.6 is 11.6 Å². The average molecular weight is 332 g/mol. The number of hydrogen-bond acceptors (Lipinski definition) is 4. The minimum atomic E-state index is -3.53. The van der Waals surface area contributed by atoms with Crippen molar-refractivity contribution in [2.75, 3.05) is 11.9 Å². The van der Waals surface area contributed by atoms with Crippen molar-refractivity contribution >= 4 is 27.4 Å². The minimum Gasteiger partial charge on any atom is -0.369 e. The Morgan fingerprint density at radius 3 is 2.76 bits per heavy atom. The number of nitrogens with zero attached hydrogens (tertiary/aromatic N) is 1. The third-order valence-electron chi connectivity index (χ3n) is 3.56. The molecule has 5 nitrogen and oxygen atoms in total. The monoisotopic (exact) mass is 331 g/mol. The molecule has 1 heterocycles. The van der Waals surface area contributed by atoms with E-state index in [9.17, 15) is 8.42 Å². The van der Waals surface area contributed by atoms with Crippen LogP contribution in [0.1, 0.15) is 39.5 Å². The first kappa shape index (κ1) is 16.5. The molecule has 1 aliphatic rings. The smallest absolute Gasteiger partial charge is 0.242 e. The van der Waals surface area contributed by atoms with Crippen molar-refractivity contribution in [3.05, 3.63) is 17.3 Å². The fourth-order valence-corrected chi connectivity index (χ4v) is 3.88. The highest BCUT2D eigenvalue weighted by Crippen LogP contribution is 2.35. The van der Waals surface area contributed by atoms with Gasteiger partial charge >= 0.3 is 0 Å². The van der Waals surface area contributed by atoms with Crippen LogP contribution in [-0.4, -0.2) is 26.0 Å². The van der Waals surface area contributed by atoms with Crippen molar-refractivity contribution in [3.8, 4) is 0 Å². The normalized spacial score (nSPS) is 21.3. The van der Waals surface area contributed by atoms with E-state index in [4.69, 9.17) is 11.6 Å². The summed E-state index contributed by atoms with van der Waals surface area (Å²) in [5, 5.41) is 3.39. The zero-order valence-corrected chi connectivity index (χ0v) is 14.0. The van der Waals surface area contributed by atoms with Crippen LogP contribution in [0.2, 0.25) is 5.02 Å². The lowest BCUT2D eigenvalue weighted by Crippen LogP contribution is -2.27. The summed E-state index contributed by atoms with van der Waals surface area (Å²) in [5.41, 5.74) is 0. The summed E-state index contributed by atoms with van der Waals surface area (Å²) < 4.78 is 27.3. The number of sulfonamides is 1. The van der Waals surface area contributed by atoms with Gasteiger partial charge in [-0.3, -0.25) is 0 Å². The molecule has 1 aliphatic carbocycles. The predicted octanol–water partition coefficient (Wildman–Crippen LogP) is 3.02. The lowest BCUT2D eigenvalue weighted by atomic mass is 10.2. The zero-order chi connectivity index (χ0) is 15.5. The molecule has 0 amide bonds. The number of aromatic nitrogens is 1. The van der Waals surface area contributed by atoms with Crippen LogP contribution in [0.4, 0.5) is 5.82 Å². The van der Waals surface area contributed by atoms with Gasteiger partial charge in [-0.25, -0.2) is 18.1 Å². The summed E-state index contributed by atoms with van der Waals surface area (Å²) in [7, 11) is -3.53. The van der Waals surface area contributed by atoms with E-state index in [-0.39, 0.29) is 10.9 Å². The molecule has 2 unspecified atom stereocenters.